The number of hydrogen-bond acceptors (Lipinski definition) is 1. The van der Waals surface area contributed by atoms with E-state index in [1.54, 1.807) is 0 Å². The fourth-order valence-corrected chi connectivity index (χ4v) is 2.21. The van der Waals surface area contributed by atoms with Crippen molar-refractivity contribution in [2.24, 2.45) is 11.3 Å². The average Bonchev–Trinajstić information content (AvgIpc) is 2.84. The molecule has 2 unspecified atom stereocenters. The highest BCUT2D eigenvalue weighted by Crippen LogP contribution is 2.54. The van der Waals surface area contributed by atoms with E-state index >= 15 is 0 Å². The van der Waals surface area contributed by atoms with E-state index in [2.05, 4.69) is 26.1 Å². The quantitative estimate of drug-likeness (QED) is 0.586. The third-order valence-electron chi connectivity index (χ3n) is 3.94. The zero-order valence-electron chi connectivity index (χ0n) is 10.2. The van der Waals surface area contributed by atoms with Crippen molar-refractivity contribution in [2.75, 3.05) is 13.1 Å². The van der Waals surface area contributed by atoms with Crippen molar-refractivity contribution in [1.29, 1.82) is 0 Å². The predicted molar refractivity (Wildman–Crippen MR) is 63.5 cm³/mol. The lowest BCUT2D eigenvalue weighted by molar-refractivity contribution is 0.460. The maximum absolute atomic E-state index is 3.60. The molecule has 0 radical (unpaired) electrons. The third-order valence-corrected chi connectivity index (χ3v) is 3.94. The van der Waals surface area contributed by atoms with Crippen LogP contribution in [0.4, 0.5) is 0 Å². The van der Waals surface area contributed by atoms with Crippen LogP contribution >= 0.6 is 0 Å². The Kier molecular flexibility index (Phi) is 4.94. The van der Waals surface area contributed by atoms with Crippen LogP contribution in [-0.2, 0) is 0 Å². The minimum absolute atomic E-state index is 0.691. The molecular formula is C13H27N. The van der Waals surface area contributed by atoms with Gasteiger partial charge in [0.2, 0.25) is 0 Å². The van der Waals surface area contributed by atoms with Gasteiger partial charge in [-0.1, -0.05) is 46.5 Å². The van der Waals surface area contributed by atoms with Gasteiger partial charge in [-0.05, 0) is 37.3 Å². The van der Waals surface area contributed by atoms with Crippen LogP contribution in [0.2, 0.25) is 0 Å². The van der Waals surface area contributed by atoms with Gasteiger partial charge in [-0.3, -0.25) is 0 Å². The summed E-state index contributed by atoms with van der Waals surface area (Å²) < 4.78 is 0. The largest absolute Gasteiger partial charge is 0.316 e. The molecule has 2 atom stereocenters. The molecule has 0 aromatic carbocycles. The highest BCUT2D eigenvalue weighted by molar-refractivity contribution is 4.98. The molecule has 84 valence electrons. The molecule has 1 fully saturated rings. The Balaban J connectivity index is 1.86. The standard InChI is InChI=1S/C13H27N/c1-4-6-7-8-9-14-11-12-10-13(12,3)5-2/h12,14H,4-11H2,1-3H3. The molecule has 0 bridgehead atoms. The van der Waals surface area contributed by atoms with Crippen LogP contribution in [0, 0.1) is 11.3 Å². The zero-order valence-corrected chi connectivity index (χ0v) is 10.2. The molecule has 0 amide bonds. The molecule has 14 heavy (non-hydrogen) atoms. The van der Waals surface area contributed by atoms with Gasteiger partial charge in [-0.25, -0.2) is 0 Å². The van der Waals surface area contributed by atoms with Gasteiger partial charge in [0, 0.05) is 0 Å². The minimum atomic E-state index is 0.691. The fourth-order valence-electron chi connectivity index (χ4n) is 2.21. The topological polar surface area (TPSA) is 12.0 Å². The number of nitrogens with one attached hydrogen (secondary N) is 1. The van der Waals surface area contributed by atoms with Gasteiger partial charge in [0.05, 0.1) is 0 Å². The summed E-state index contributed by atoms with van der Waals surface area (Å²) in [6.45, 7) is 9.51. The summed E-state index contributed by atoms with van der Waals surface area (Å²) in [5.41, 5.74) is 0.691. The van der Waals surface area contributed by atoms with Crippen LogP contribution in [0.3, 0.4) is 0 Å². The van der Waals surface area contributed by atoms with Crippen molar-refractivity contribution >= 4 is 0 Å². The van der Waals surface area contributed by atoms with E-state index < -0.39 is 0 Å². The molecule has 1 heteroatoms. The maximum atomic E-state index is 3.60. The van der Waals surface area contributed by atoms with Crippen molar-refractivity contribution in [3.05, 3.63) is 0 Å². The molecule has 1 N–H and O–H groups in total. The van der Waals surface area contributed by atoms with Gasteiger partial charge in [-0.15, -0.1) is 0 Å². The van der Waals surface area contributed by atoms with E-state index in [1.807, 2.05) is 0 Å². The van der Waals surface area contributed by atoms with Crippen molar-refractivity contribution in [1.82, 2.24) is 5.32 Å². The van der Waals surface area contributed by atoms with E-state index in [-0.39, 0.29) is 0 Å². The Bertz CT molecular complexity index is 155. The molecule has 0 spiro atoms. The van der Waals surface area contributed by atoms with Crippen LogP contribution in [0.15, 0.2) is 0 Å². The van der Waals surface area contributed by atoms with Gasteiger partial charge in [-0.2, -0.15) is 0 Å². The van der Waals surface area contributed by atoms with Crippen molar-refractivity contribution in [3.63, 3.8) is 0 Å². The molecule has 1 saturated carbocycles. The second-order valence-corrected chi connectivity index (χ2v) is 5.17. The van der Waals surface area contributed by atoms with Gasteiger partial charge >= 0.3 is 0 Å². The van der Waals surface area contributed by atoms with Gasteiger partial charge in [0.1, 0.15) is 0 Å². The van der Waals surface area contributed by atoms with Gasteiger partial charge < -0.3 is 5.32 Å². The Morgan fingerprint density at radius 3 is 2.57 bits per heavy atom. The first-order chi connectivity index (χ1) is 6.73. The van der Waals surface area contributed by atoms with E-state index in [1.165, 1.54) is 51.6 Å². The molecule has 1 nitrogen and oxygen atoms in total. The van der Waals surface area contributed by atoms with E-state index in [0.717, 1.165) is 5.92 Å². The first-order valence-corrected chi connectivity index (χ1v) is 6.43. The van der Waals surface area contributed by atoms with Gasteiger partial charge in [0.25, 0.3) is 0 Å². The first-order valence-electron chi connectivity index (χ1n) is 6.43. The van der Waals surface area contributed by atoms with Crippen molar-refractivity contribution in [3.8, 4) is 0 Å². The average molecular weight is 197 g/mol. The van der Waals surface area contributed by atoms with Crippen LogP contribution < -0.4 is 5.32 Å². The van der Waals surface area contributed by atoms with Crippen molar-refractivity contribution < 1.29 is 0 Å². The van der Waals surface area contributed by atoms with Crippen LogP contribution in [0.25, 0.3) is 0 Å². The monoisotopic (exact) mass is 197 g/mol. The summed E-state index contributed by atoms with van der Waals surface area (Å²) >= 11 is 0. The third kappa shape index (κ3) is 3.61. The summed E-state index contributed by atoms with van der Waals surface area (Å²) in [4.78, 5) is 0. The van der Waals surface area contributed by atoms with Crippen molar-refractivity contribution in [2.45, 2.75) is 59.3 Å². The summed E-state index contributed by atoms with van der Waals surface area (Å²) in [6, 6.07) is 0. The Morgan fingerprint density at radius 1 is 1.21 bits per heavy atom. The minimum Gasteiger partial charge on any atom is -0.316 e. The molecule has 0 heterocycles. The lowest BCUT2D eigenvalue weighted by Crippen LogP contribution is -2.20. The molecule has 0 aliphatic heterocycles. The highest BCUT2D eigenvalue weighted by atomic mass is 14.9. The van der Waals surface area contributed by atoms with Crippen LogP contribution in [0.5, 0.6) is 0 Å². The van der Waals surface area contributed by atoms with E-state index in [9.17, 15) is 0 Å². The zero-order chi connectivity index (χ0) is 10.4. The lowest BCUT2D eigenvalue weighted by Gasteiger charge is -2.08. The Labute approximate surface area is 89.7 Å². The second kappa shape index (κ2) is 5.75. The molecule has 1 aliphatic rings. The first kappa shape index (κ1) is 12.0. The van der Waals surface area contributed by atoms with Gasteiger partial charge in [0.15, 0.2) is 0 Å². The Hall–Kier alpha value is -0.0400. The predicted octanol–water partition coefficient (Wildman–Crippen LogP) is 3.59. The molecule has 0 saturated heterocycles. The molecule has 0 aromatic heterocycles. The summed E-state index contributed by atoms with van der Waals surface area (Å²) in [5.74, 6) is 0.971. The summed E-state index contributed by atoms with van der Waals surface area (Å²) in [7, 11) is 0. The number of rotatable bonds is 8. The summed E-state index contributed by atoms with van der Waals surface area (Å²) in [5, 5.41) is 3.60. The second-order valence-electron chi connectivity index (χ2n) is 5.17. The van der Waals surface area contributed by atoms with E-state index in [4.69, 9.17) is 0 Å². The smallest absolute Gasteiger partial charge is 0.00151 e. The summed E-state index contributed by atoms with van der Waals surface area (Å²) in [6.07, 6.45) is 8.32. The van der Waals surface area contributed by atoms with Crippen LogP contribution in [-0.4, -0.2) is 13.1 Å². The lowest BCUT2D eigenvalue weighted by atomic mass is 10.0. The number of hydrogen-bond donors (Lipinski definition) is 1. The SMILES string of the molecule is CCCCCCNCC1CC1(C)CC. The molecule has 1 rings (SSSR count). The Morgan fingerprint density at radius 2 is 2.00 bits per heavy atom. The molecule has 1 aliphatic carbocycles. The number of unbranched alkanes of at least 4 members (excludes halogenated alkanes) is 3. The molecular weight excluding hydrogens is 170 g/mol. The van der Waals surface area contributed by atoms with Crippen LogP contribution in [0.1, 0.15) is 59.3 Å². The molecule has 0 aromatic rings. The maximum Gasteiger partial charge on any atom is -0.00151 e. The van der Waals surface area contributed by atoms with E-state index in [0.29, 0.717) is 5.41 Å². The highest BCUT2D eigenvalue weighted by Gasteiger charge is 2.47. The fraction of sp³-hybridized carbons (Fsp3) is 1.00. The normalized spacial score (nSPS) is 30.6.